The van der Waals surface area contributed by atoms with E-state index in [-0.39, 0.29) is 10.6 Å². The fourth-order valence-electron chi connectivity index (χ4n) is 2.78. The summed E-state index contributed by atoms with van der Waals surface area (Å²) in [7, 11) is -0.564. The maximum atomic E-state index is 11.4. The van der Waals surface area contributed by atoms with Crippen molar-refractivity contribution in [2.24, 2.45) is 0 Å². The third-order valence-electron chi connectivity index (χ3n) is 4.86. The van der Waals surface area contributed by atoms with E-state index in [1.807, 2.05) is 52.0 Å². The van der Waals surface area contributed by atoms with Crippen LogP contribution in [0.5, 0.6) is 0 Å². The lowest BCUT2D eigenvalue weighted by atomic mass is 9.74. The normalized spacial score (nSPS) is 18.6. The Labute approximate surface area is 141 Å². The fourth-order valence-corrected chi connectivity index (χ4v) is 2.78. The highest BCUT2D eigenvalue weighted by atomic mass is 16.7. The molecule has 2 aromatic rings. The molecule has 124 valence electrons. The molecule has 6 heteroatoms. The summed E-state index contributed by atoms with van der Waals surface area (Å²) in [4.78, 5) is 11.0. The van der Waals surface area contributed by atoms with Gasteiger partial charge in [-0.25, -0.2) is 0 Å². The first-order valence-electron chi connectivity index (χ1n) is 7.91. The van der Waals surface area contributed by atoms with Crippen LogP contribution in [-0.2, 0) is 9.31 Å². The van der Waals surface area contributed by atoms with E-state index in [4.69, 9.17) is 9.31 Å². The Morgan fingerprint density at radius 2 is 1.38 bits per heavy atom. The van der Waals surface area contributed by atoms with Crippen LogP contribution < -0.4 is 5.46 Å². The lowest BCUT2D eigenvalue weighted by molar-refractivity contribution is -0.384. The number of benzene rings is 2. The molecule has 3 rings (SSSR count). The molecule has 0 unspecified atom stereocenters. The summed E-state index contributed by atoms with van der Waals surface area (Å²) in [5, 5.41) is 11.4. The standard InChI is InChI=1S/C18H20BNO4/c1-17(2)18(3,4)24-19(23-17)15-11-7-5-9-13(15)14-10-6-8-12-16(14)20(21)22/h5-12H,1-4H3. The predicted octanol–water partition coefficient (Wildman–Crippen LogP) is 3.56. The topological polar surface area (TPSA) is 61.6 Å². The molecular weight excluding hydrogens is 305 g/mol. The molecule has 0 aromatic heterocycles. The first-order chi connectivity index (χ1) is 11.2. The Balaban J connectivity index is 2.10. The maximum absolute atomic E-state index is 11.4. The van der Waals surface area contributed by atoms with E-state index in [0.29, 0.717) is 5.56 Å². The summed E-state index contributed by atoms with van der Waals surface area (Å²) >= 11 is 0. The largest absolute Gasteiger partial charge is 0.495 e. The van der Waals surface area contributed by atoms with Crippen molar-refractivity contribution in [1.29, 1.82) is 0 Å². The molecule has 1 aliphatic rings. The maximum Gasteiger partial charge on any atom is 0.495 e. The first kappa shape index (κ1) is 16.7. The first-order valence-corrected chi connectivity index (χ1v) is 7.91. The van der Waals surface area contributed by atoms with Crippen molar-refractivity contribution in [1.82, 2.24) is 0 Å². The summed E-state index contributed by atoms with van der Waals surface area (Å²) in [6, 6.07) is 14.2. The summed E-state index contributed by atoms with van der Waals surface area (Å²) in [5.74, 6) is 0. The minimum absolute atomic E-state index is 0.0708. The summed E-state index contributed by atoms with van der Waals surface area (Å²) in [6.07, 6.45) is 0. The van der Waals surface area contributed by atoms with Crippen molar-refractivity contribution in [3.05, 3.63) is 58.6 Å². The Bertz CT molecular complexity index is 772. The molecule has 1 aliphatic heterocycles. The Morgan fingerprint density at radius 3 is 1.96 bits per heavy atom. The van der Waals surface area contributed by atoms with Crippen molar-refractivity contribution >= 4 is 18.3 Å². The molecule has 0 amide bonds. The third kappa shape index (κ3) is 2.72. The molecule has 0 aliphatic carbocycles. The summed E-state index contributed by atoms with van der Waals surface area (Å²) in [6.45, 7) is 7.95. The third-order valence-corrected chi connectivity index (χ3v) is 4.86. The van der Waals surface area contributed by atoms with Gasteiger partial charge in [0.25, 0.3) is 5.69 Å². The number of para-hydroxylation sites is 1. The highest BCUT2D eigenvalue weighted by Gasteiger charge is 2.52. The Kier molecular flexibility index (Phi) is 3.97. The van der Waals surface area contributed by atoms with E-state index in [2.05, 4.69) is 0 Å². The van der Waals surface area contributed by atoms with E-state index in [9.17, 15) is 10.1 Å². The number of nitro benzene ring substituents is 1. The summed E-state index contributed by atoms with van der Waals surface area (Å²) < 4.78 is 12.2. The van der Waals surface area contributed by atoms with Gasteiger partial charge in [-0.3, -0.25) is 10.1 Å². The average Bonchev–Trinajstić information content (AvgIpc) is 2.75. The van der Waals surface area contributed by atoms with Gasteiger partial charge in [0, 0.05) is 6.07 Å². The van der Waals surface area contributed by atoms with Crippen LogP contribution in [0.2, 0.25) is 0 Å². The van der Waals surface area contributed by atoms with Gasteiger partial charge >= 0.3 is 7.12 Å². The average molecular weight is 325 g/mol. The predicted molar refractivity (Wildman–Crippen MR) is 94.2 cm³/mol. The van der Waals surface area contributed by atoms with E-state index in [1.165, 1.54) is 6.07 Å². The molecule has 0 radical (unpaired) electrons. The monoisotopic (exact) mass is 325 g/mol. The molecule has 5 nitrogen and oxygen atoms in total. The number of nitrogens with zero attached hydrogens (tertiary/aromatic N) is 1. The molecule has 0 bridgehead atoms. The second-order valence-corrected chi connectivity index (χ2v) is 6.95. The van der Waals surface area contributed by atoms with Gasteiger partial charge in [0.05, 0.1) is 21.7 Å². The van der Waals surface area contributed by atoms with Crippen LogP contribution in [0.1, 0.15) is 27.7 Å². The van der Waals surface area contributed by atoms with Gasteiger partial charge in [-0.15, -0.1) is 0 Å². The molecule has 0 atom stereocenters. The molecule has 0 saturated carbocycles. The molecule has 0 spiro atoms. The minimum Gasteiger partial charge on any atom is -0.399 e. The number of rotatable bonds is 3. The van der Waals surface area contributed by atoms with Crippen molar-refractivity contribution < 1.29 is 14.2 Å². The lowest BCUT2D eigenvalue weighted by Gasteiger charge is -2.32. The van der Waals surface area contributed by atoms with Crippen LogP contribution in [0.4, 0.5) is 5.69 Å². The van der Waals surface area contributed by atoms with Crippen molar-refractivity contribution in [3.8, 4) is 11.1 Å². The van der Waals surface area contributed by atoms with Gasteiger partial charge in [-0.2, -0.15) is 0 Å². The van der Waals surface area contributed by atoms with Gasteiger partial charge < -0.3 is 9.31 Å². The van der Waals surface area contributed by atoms with Crippen LogP contribution in [0.15, 0.2) is 48.5 Å². The molecule has 0 N–H and O–H groups in total. The summed E-state index contributed by atoms with van der Waals surface area (Å²) in [5.41, 5.74) is 1.25. The zero-order valence-electron chi connectivity index (χ0n) is 14.3. The quantitative estimate of drug-likeness (QED) is 0.492. The highest BCUT2D eigenvalue weighted by molar-refractivity contribution is 6.64. The number of hydrogen-bond acceptors (Lipinski definition) is 4. The zero-order valence-corrected chi connectivity index (χ0v) is 14.3. The second kappa shape index (κ2) is 5.72. The molecule has 1 saturated heterocycles. The lowest BCUT2D eigenvalue weighted by Crippen LogP contribution is -2.41. The Morgan fingerprint density at radius 1 is 0.875 bits per heavy atom. The molecule has 2 aromatic carbocycles. The van der Waals surface area contributed by atoms with Crippen LogP contribution in [0, 0.1) is 10.1 Å². The van der Waals surface area contributed by atoms with Gasteiger partial charge in [0.15, 0.2) is 0 Å². The van der Waals surface area contributed by atoms with Gasteiger partial charge in [-0.1, -0.05) is 36.4 Å². The van der Waals surface area contributed by atoms with Crippen LogP contribution in [0.25, 0.3) is 11.1 Å². The van der Waals surface area contributed by atoms with E-state index in [1.54, 1.807) is 18.2 Å². The SMILES string of the molecule is CC1(C)OB(c2ccccc2-c2ccccc2[N+](=O)[O-])OC1(C)C. The van der Waals surface area contributed by atoms with Gasteiger partial charge in [0.1, 0.15) is 0 Å². The molecule has 1 heterocycles. The second-order valence-electron chi connectivity index (χ2n) is 6.95. The van der Waals surface area contributed by atoms with Gasteiger partial charge in [0.2, 0.25) is 0 Å². The van der Waals surface area contributed by atoms with Crippen LogP contribution >= 0.6 is 0 Å². The molecule has 24 heavy (non-hydrogen) atoms. The number of hydrogen-bond donors (Lipinski definition) is 0. The zero-order chi connectivity index (χ0) is 17.5. The van der Waals surface area contributed by atoms with E-state index >= 15 is 0 Å². The molecule has 1 fully saturated rings. The molecular formula is C18H20BNO4. The van der Waals surface area contributed by atoms with Crippen LogP contribution in [0.3, 0.4) is 0 Å². The van der Waals surface area contributed by atoms with Crippen molar-refractivity contribution in [2.75, 3.05) is 0 Å². The van der Waals surface area contributed by atoms with Crippen molar-refractivity contribution in [3.63, 3.8) is 0 Å². The fraction of sp³-hybridized carbons (Fsp3) is 0.333. The number of nitro groups is 1. The highest BCUT2D eigenvalue weighted by Crippen LogP contribution is 2.38. The van der Waals surface area contributed by atoms with E-state index < -0.39 is 18.3 Å². The smallest absolute Gasteiger partial charge is 0.399 e. The van der Waals surface area contributed by atoms with Crippen LogP contribution in [-0.4, -0.2) is 23.2 Å². The minimum atomic E-state index is -0.564. The Hall–Kier alpha value is -2.18. The van der Waals surface area contributed by atoms with Gasteiger partial charge in [-0.05, 0) is 44.8 Å². The van der Waals surface area contributed by atoms with Crippen molar-refractivity contribution in [2.45, 2.75) is 38.9 Å². The van der Waals surface area contributed by atoms with E-state index in [0.717, 1.165) is 11.0 Å².